The standard InChI is InChI=1S/C15H12BrClN2O/c1-20-14-6-5-10(7-11(14)8-18)9-19-13-4-2-3-12(17)15(13)16/h2-7,19H,9H2,1H3. The molecule has 102 valence electrons. The van der Waals surface area contributed by atoms with Gasteiger partial charge in [-0.3, -0.25) is 0 Å². The van der Waals surface area contributed by atoms with Gasteiger partial charge in [0.05, 0.1) is 27.9 Å². The van der Waals surface area contributed by atoms with Gasteiger partial charge in [0.1, 0.15) is 11.8 Å². The lowest BCUT2D eigenvalue weighted by molar-refractivity contribution is 0.413. The number of methoxy groups -OCH3 is 1. The van der Waals surface area contributed by atoms with Crippen molar-refractivity contribution in [3.8, 4) is 11.8 Å². The van der Waals surface area contributed by atoms with Crippen LogP contribution in [-0.2, 0) is 6.54 Å². The Hall–Kier alpha value is -1.70. The first kappa shape index (κ1) is 14.7. The molecule has 0 amide bonds. The van der Waals surface area contributed by atoms with Crippen LogP contribution in [0.15, 0.2) is 40.9 Å². The van der Waals surface area contributed by atoms with Gasteiger partial charge in [-0.25, -0.2) is 0 Å². The number of ether oxygens (including phenoxy) is 1. The fraction of sp³-hybridized carbons (Fsp3) is 0.133. The first-order valence-electron chi connectivity index (χ1n) is 5.90. The maximum Gasteiger partial charge on any atom is 0.136 e. The Labute approximate surface area is 131 Å². The summed E-state index contributed by atoms with van der Waals surface area (Å²) in [5, 5.41) is 13.0. The van der Waals surface area contributed by atoms with Crippen molar-refractivity contribution in [3.05, 3.63) is 57.0 Å². The van der Waals surface area contributed by atoms with Crippen molar-refractivity contribution in [2.75, 3.05) is 12.4 Å². The van der Waals surface area contributed by atoms with Crippen LogP contribution in [0.1, 0.15) is 11.1 Å². The molecule has 0 radical (unpaired) electrons. The zero-order valence-electron chi connectivity index (χ0n) is 10.8. The predicted octanol–water partition coefficient (Wildman–Crippen LogP) is 4.59. The van der Waals surface area contributed by atoms with Crippen LogP contribution in [0.2, 0.25) is 5.02 Å². The highest BCUT2D eigenvalue weighted by Gasteiger charge is 2.06. The van der Waals surface area contributed by atoms with Crippen molar-refractivity contribution >= 4 is 33.2 Å². The van der Waals surface area contributed by atoms with E-state index < -0.39 is 0 Å². The number of hydrogen-bond acceptors (Lipinski definition) is 3. The molecule has 0 aliphatic rings. The minimum Gasteiger partial charge on any atom is -0.495 e. The normalized spacial score (nSPS) is 9.90. The average molecular weight is 352 g/mol. The Kier molecular flexibility index (Phi) is 4.89. The van der Waals surface area contributed by atoms with Gasteiger partial charge in [0.15, 0.2) is 0 Å². The molecule has 0 fully saturated rings. The molecular formula is C15H12BrClN2O. The number of benzene rings is 2. The molecule has 3 nitrogen and oxygen atoms in total. The fourth-order valence-electron chi connectivity index (χ4n) is 1.79. The quantitative estimate of drug-likeness (QED) is 0.876. The van der Waals surface area contributed by atoms with Gasteiger partial charge >= 0.3 is 0 Å². The summed E-state index contributed by atoms with van der Waals surface area (Å²) in [6.45, 7) is 0.595. The third kappa shape index (κ3) is 3.24. The lowest BCUT2D eigenvalue weighted by Gasteiger charge is -2.10. The molecule has 2 aromatic carbocycles. The van der Waals surface area contributed by atoms with Crippen molar-refractivity contribution in [1.82, 2.24) is 0 Å². The van der Waals surface area contributed by atoms with E-state index in [4.69, 9.17) is 21.6 Å². The number of nitrogens with one attached hydrogen (secondary N) is 1. The Morgan fingerprint density at radius 2 is 2.15 bits per heavy atom. The van der Waals surface area contributed by atoms with E-state index in [-0.39, 0.29) is 0 Å². The summed E-state index contributed by atoms with van der Waals surface area (Å²) in [5.41, 5.74) is 2.43. The molecule has 0 aliphatic carbocycles. The Balaban J connectivity index is 2.15. The first-order valence-corrected chi connectivity index (χ1v) is 7.07. The van der Waals surface area contributed by atoms with E-state index in [0.717, 1.165) is 15.7 Å². The van der Waals surface area contributed by atoms with Gasteiger partial charge in [-0.2, -0.15) is 5.26 Å². The van der Waals surface area contributed by atoms with Gasteiger partial charge < -0.3 is 10.1 Å². The van der Waals surface area contributed by atoms with Gasteiger partial charge in [-0.05, 0) is 45.8 Å². The summed E-state index contributed by atoms with van der Waals surface area (Å²) in [5.74, 6) is 0.584. The summed E-state index contributed by atoms with van der Waals surface area (Å²) in [7, 11) is 1.55. The van der Waals surface area contributed by atoms with E-state index in [0.29, 0.717) is 22.9 Å². The molecule has 0 spiro atoms. The molecule has 5 heteroatoms. The van der Waals surface area contributed by atoms with Gasteiger partial charge in [0, 0.05) is 6.54 Å². The number of anilines is 1. The zero-order valence-corrected chi connectivity index (χ0v) is 13.1. The molecular weight excluding hydrogens is 340 g/mol. The predicted molar refractivity (Wildman–Crippen MR) is 84.2 cm³/mol. The second-order valence-corrected chi connectivity index (χ2v) is 5.30. The zero-order chi connectivity index (χ0) is 14.5. The molecule has 1 N–H and O–H groups in total. The highest BCUT2D eigenvalue weighted by Crippen LogP contribution is 2.30. The largest absolute Gasteiger partial charge is 0.495 e. The lowest BCUT2D eigenvalue weighted by atomic mass is 10.1. The molecule has 0 atom stereocenters. The van der Waals surface area contributed by atoms with E-state index in [9.17, 15) is 0 Å². The van der Waals surface area contributed by atoms with E-state index in [1.807, 2.05) is 30.3 Å². The molecule has 0 aromatic heterocycles. The number of nitrogens with zero attached hydrogens (tertiary/aromatic N) is 1. The third-order valence-electron chi connectivity index (χ3n) is 2.82. The molecule has 0 aliphatic heterocycles. The highest BCUT2D eigenvalue weighted by atomic mass is 79.9. The summed E-state index contributed by atoms with van der Waals surface area (Å²) in [6.07, 6.45) is 0. The van der Waals surface area contributed by atoms with Gasteiger partial charge in [0.2, 0.25) is 0 Å². The molecule has 0 saturated heterocycles. The van der Waals surface area contributed by atoms with Crippen LogP contribution in [-0.4, -0.2) is 7.11 Å². The Bertz CT molecular complexity index is 667. The molecule has 20 heavy (non-hydrogen) atoms. The van der Waals surface area contributed by atoms with Crippen molar-refractivity contribution in [2.45, 2.75) is 6.54 Å². The van der Waals surface area contributed by atoms with E-state index in [1.54, 1.807) is 13.2 Å². The lowest BCUT2D eigenvalue weighted by Crippen LogP contribution is -2.01. The topological polar surface area (TPSA) is 45.0 Å². The summed E-state index contributed by atoms with van der Waals surface area (Å²) < 4.78 is 5.95. The van der Waals surface area contributed by atoms with Crippen LogP contribution < -0.4 is 10.1 Å². The van der Waals surface area contributed by atoms with Crippen LogP contribution in [0.4, 0.5) is 5.69 Å². The molecule has 2 aromatic rings. The monoisotopic (exact) mass is 350 g/mol. The second-order valence-electron chi connectivity index (χ2n) is 4.10. The molecule has 0 bridgehead atoms. The van der Waals surface area contributed by atoms with Crippen molar-refractivity contribution in [3.63, 3.8) is 0 Å². The Morgan fingerprint density at radius 3 is 2.85 bits per heavy atom. The summed E-state index contributed by atoms with van der Waals surface area (Å²) >= 11 is 9.47. The molecule has 2 rings (SSSR count). The molecule has 0 unspecified atom stereocenters. The van der Waals surface area contributed by atoms with Gasteiger partial charge in [-0.1, -0.05) is 23.7 Å². The van der Waals surface area contributed by atoms with Crippen LogP contribution in [0.3, 0.4) is 0 Å². The van der Waals surface area contributed by atoms with E-state index in [1.165, 1.54) is 0 Å². The van der Waals surface area contributed by atoms with Crippen molar-refractivity contribution < 1.29 is 4.74 Å². The smallest absolute Gasteiger partial charge is 0.136 e. The number of rotatable bonds is 4. The van der Waals surface area contributed by atoms with Crippen LogP contribution >= 0.6 is 27.5 Å². The Morgan fingerprint density at radius 1 is 1.35 bits per heavy atom. The van der Waals surface area contributed by atoms with Gasteiger partial charge in [0.25, 0.3) is 0 Å². The minimum atomic E-state index is 0.525. The van der Waals surface area contributed by atoms with E-state index in [2.05, 4.69) is 27.3 Å². The SMILES string of the molecule is COc1ccc(CNc2cccc(Cl)c2Br)cc1C#N. The van der Waals surface area contributed by atoms with Gasteiger partial charge in [-0.15, -0.1) is 0 Å². The number of halogens is 2. The average Bonchev–Trinajstić information content (AvgIpc) is 2.48. The maximum absolute atomic E-state index is 9.06. The summed E-state index contributed by atoms with van der Waals surface area (Å²) in [6, 6.07) is 13.3. The summed E-state index contributed by atoms with van der Waals surface area (Å²) in [4.78, 5) is 0. The van der Waals surface area contributed by atoms with Crippen molar-refractivity contribution in [1.29, 1.82) is 5.26 Å². The number of hydrogen-bond donors (Lipinski definition) is 1. The minimum absolute atomic E-state index is 0.525. The number of nitriles is 1. The fourth-order valence-corrected chi connectivity index (χ4v) is 2.37. The van der Waals surface area contributed by atoms with Crippen LogP contribution in [0.25, 0.3) is 0 Å². The third-order valence-corrected chi connectivity index (χ3v) is 4.22. The highest BCUT2D eigenvalue weighted by molar-refractivity contribution is 9.10. The molecule has 0 heterocycles. The van der Waals surface area contributed by atoms with Crippen LogP contribution in [0, 0.1) is 11.3 Å². The first-order chi connectivity index (χ1) is 9.65. The molecule has 0 saturated carbocycles. The maximum atomic E-state index is 9.06. The van der Waals surface area contributed by atoms with E-state index >= 15 is 0 Å². The van der Waals surface area contributed by atoms with Crippen LogP contribution in [0.5, 0.6) is 5.75 Å². The van der Waals surface area contributed by atoms with Crippen molar-refractivity contribution in [2.24, 2.45) is 0 Å². The second kappa shape index (κ2) is 6.65.